The van der Waals surface area contributed by atoms with Crippen LogP contribution in [0.4, 0.5) is 0 Å². The van der Waals surface area contributed by atoms with E-state index < -0.39 is 10.0 Å². The fourth-order valence-electron chi connectivity index (χ4n) is 3.20. The lowest BCUT2D eigenvalue weighted by atomic mass is 9.98. The van der Waals surface area contributed by atoms with Crippen molar-refractivity contribution >= 4 is 10.0 Å². The molecule has 0 bridgehead atoms. The Hall–Kier alpha value is -2.60. The van der Waals surface area contributed by atoms with Crippen LogP contribution in [-0.4, -0.2) is 24.5 Å². The molecule has 0 saturated heterocycles. The van der Waals surface area contributed by atoms with Crippen molar-refractivity contribution < 1.29 is 13.2 Å². The highest BCUT2D eigenvalue weighted by Crippen LogP contribution is 2.34. The van der Waals surface area contributed by atoms with E-state index in [-0.39, 0.29) is 10.8 Å². The van der Waals surface area contributed by atoms with Gasteiger partial charge in [-0.1, -0.05) is 44.2 Å². The number of hydrogen-bond donors (Lipinski definition) is 0. The quantitative estimate of drug-likeness (QED) is 0.648. The Balaban J connectivity index is 2.26. The van der Waals surface area contributed by atoms with Crippen LogP contribution in [0.25, 0.3) is 11.4 Å². The second-order valence-corrected chi connectivity index (χ2v) is 8.67. The Labute approximate surface area is 160 Å². The maximum atomic E-state index is 13.6. The van der Waals surface area contributed by atoms with Gasteiger partial charge in [-0.05, 0) is 43.0 Å². The van der Waals surface area contributed by atoms with Crippen LogP contribution in [0.2, 0.25) is 0 Å². The average Bonchev–Trinajstić information content (AvgIpc) is 3.04. The Morgan fingerprint density at radius 3 is 2.33 bits per heavy atom. The second kappa shape index (κ2) is 7.19. The van der Waals surface area contributed by atoms with E-state index in [1.165, 1.54) is 11.1 Å². The summed E-state index contributed by atoms with van der Waals surface area (Å²) in [7, 11) is -2.40. The van der Waals surface area contributed by atoms with Crippen molar-refractivity contribution in [2.24, 2.45) is 0 Å². The van der Waals surface area contributed by atoms with E-state index >= 15 is 0 Å². The molecule has 6 heteroatoms. The minimum absolute atomic E-state index is 0.147. The molecule has 3 aromatic rings. The number of benzene rings is 2. The predicted molar refractivity (Wildman–Crippen MR) is 107 cm³/mol. The van der Waals surface area contributed by atoms with Gasteiger partial charge in [-0.2, -0.15) is 0 Å². The zero-order valence-corrected chi connectivity index (χ0v) is 17.0. The van der Waals surface area contributed by atoms with Crippen molar-refractivity contribution in [3.8, 4) is 17.1 Å². The summed E-state index contributed by atoms with van der Waals surface area (Å²) in [6, 6.07) is 12.8. The molecule has 0 unspecified atom stereocenters. The number of nitrogens with zero attached hydrogens (tertiary/aromatic N) is 2. The van der Waals surface area contributed by atoms with E-state index in [1.54, 1.807) is 25.3 Å². The molecule has 0 fully saturated rings. The lowest BCUT2D eigenvalue weighted by Crippen LogP contribution is -2.15. The van der Waals surface area contributed by atoms with E-state index in [4.69, 9.17) is 4.74 Å². The molecule has 0 aliphatic heterocycles. The molecule has 0 aliphatic rings. The van der Waals surface area contributed by atoms with Gasteiger partial charge >= 0.3 is 0 Å². The van der Waals surface area contributed by atoms with Crippen LogP contribution in [0.15, 0.2) is 53.6 Å². The highest BCUT2D eigenvalue weighted by Gasteiger charge is 2.27. The summed E-state index contributed by atoms with van der Waals surface area (Å²) in [4.78, 5) is 4.59. The standard InChI is InChI=1S/C21H24N2O3S/c1-14(2)18-12-20(19(26-5)11-15(18)3)27(24,25)23-13-16(4)22-21(23)17-9-7-6-8-10-17/h6-14H,1-5H3. The second-order valence-electron chi connectivity index (χ2n) is 6.89. The summed E-state index contributed by atoms with van der Waals surface area (Å²) >= 11 is 0. The third kappa shape index (κ3) is 3.49. The van der Waals surface area contributed by atoms with Crippen LogP contribution in [0.1, 0.15) is 36.6 Å². The Morgan fingerprint density at radius 1 is 1.07 bits per heavy atom. The maximum absolute atomic E-state index is 13.6. The van der Waals surface area contributed by atoms with Crippen LogP contribution in [0.3, 0.4) is 0 Å². The van der Waals surface area contributed by atoms with Crippen LogP contribution < -0.4 is 4.74 Å². The number of imidazole rings is 1. The van der Waals surface area contributed by atoms with Gasteiger partial charge < -0.3 is 4.74 Å². The molecule has 1 aromatic heterocycles. The zero-order valence-electron chi connectivity index (χ0n) is 16.2. The van der Waals surface area contributed by atoms with Crippen molar-refractivity contribution in [2.75, 3.05) is 7.11 Å². The summed E-state index contributed by atoms with van der Waals surface area (Å²) in [5.41, 5.74) is 3.36. The number of methoxy groups -OCH3 is 1. The molecule has 0 radical (unpaired) electrons. The van der Waals surface area contributed by atoms with Crippen molar-refractivity contribution in [3.05, 3.63) is 65.5 Å². The molecule has 1 heterocycles. The lowest BCUT2D eigenvalue weighted by molar-refractivity contribution is 0.401. The monoisotopic (exact) mass is 384 g/mol. The fraction of sp³-hybridized carbons (Fsp3) is 0.286. The molecule has 2 aromatic carbocycles. The van der Waals surface area contributed by atoms with E-state index in [0.717, 1.165) is 16.7 Å². The van der Waals surface area contributed by atoms with E-state index in [0.29, 0.717) is 17.3 Å². The van der Waals surface area contributed by atoms with E-state index in [2.05, 4.69) is 4.98 Å². The van der Waals surface area contributed by atoms with Gasteiger partial charge in [0.1, 0.15) is 10.6 Å². The summed E-state index contributed by atoms with van der Waals surface area (Å²) in [5.74, 6) is 0.923. The molecule has 0 atom stereocenters. The molecule has 0 aliphatic carbocycles. The lowest BCUT2D eigenvalue weighted by Gasteiger charge is -2.17. The molecule has 27 heavy (non-hydrogen) atoms. The van der Waals surface area contributed by atoms with E-state index in [1.807, 2.05) is 51.1 Å². The summed E-state index contributed by atoms with van der Waals surface area (Å²) < 4.78 is 33.8. The van der Waals surface area contributed by atoms with Crippen LogP contribution in [-0.2, 0) is 10.0 Å². The largest absolute Gasteiger partial charge is 0.495 e. The van der Waals surface area contributed by atoms with Crippen LogP contribution >= 0.6 is 0 Å². The van der Waals surface area contributed by atoms with Crippen molar-refractivity contribution in [2.45, 2.75) is 38.5 Å². The normalized spacial score (nSPS) is 11.8. The van der Waals surface area contributed by atoms with Crippen molar-refractivity contribution in [1.82, 2.24) is 8.96 Å². The van der Waals surface area contributed by atoms with Gasteiger partial charge in [0.25, 0.3) is 10.0 Å². The van der Waals surface area contributed by atoms with Gasteiger partial charge in [-0.25, -0.2) is 17.4 Å². The highest BCUT2D eigenvalue weighted by atomic mass is 32.2. The molecule has 0 spiro atoms. The average molecular weight is 385 g/mol. The first-order chi connectivity index (χ1) is 12.8. The highest BCUT2D eigenvalue weighted by molar-refractivity contribution is 7.90. The Kier molecular flexibility index (Phi) is 5.11. The first kappa shape index (κ1) is 19.2. The molecule has 0 saturated carbocycles. The third-order valence-electron chi connectivity index (χ3n) is 4.54. The van der Waals surface area contributed by atoms with Crippen molar-refractivity contribution in [1.29, 1.82) is 0 Å². The van der Waals surface area contributed by atoms with Gasteiger partial charge in [0.15, 0.2) is 5.82 Å². The van der Waals surface area contributed by atoms with Gasteiger partial charge in [0.2, 0.25) is 0 Å². The first-order valence-corrected chi connectivity index (χ1v) is 10.2. The summed E-state index contributed by atoms with van der Waals surface area (Å²) in [6.07, 6.45) is 1.55. The first-order valence-electron chi connectivity index (χ1n) is 8.81. The number of hydrogen-bond acceptors (Lipinski definition) is 4. The van der Waals surface area contributed by atoms with Crippen LogP contribution in [0, 0.1) is 13.8 Å². The maximum Gasteiger partial charge on any atom is 0.273 e. The minimum atomic E-state index is -3.88. The molecule has 3 rings (SSSR count). The van der Waals surface area contributed by atoms with Gasteiger partial charge in [-0.3, -0.25) is 0 Å². The van der Waals surface area contributed by atoms with Gasteiger partial charge in [0.05, 0.1) is 12.8 Å². The molecular formula is C21H24N2O3S. The molecule has 0 N–H and O–H groups in total. The third-order valence-corrected chi connectivity index (χ3v) is 6.21. The number of aromatic nitrogens is 2. The van der Waals surface area contributed by atoms with Crippen molar-refractivity contribution in [3.63, 3.8) is 0 Å². The Bertz CT molecular complexity index is 1070. The Morgan fingerprint density at radius 2 is 1.74 bits per heavy atom. The number of ether oxygens (including phenoxy) is 1. The molecule has 5 nitrogen and oxygen atoms in total. The van der Waals surface area contributed by atoms with E-state index in [9.17, 15) is 8.42 Å². The summed E-state index contributed by atoms with van der Waals surface area (Å²) in [6.45, 7) is 7.83. The van der Waals surface area contributed by atoms with Gasteiger partial charge in [0, 0.05) is 11.8 Å². The SMILES string of the molecule is COc1cc(C)c(C(C)C)cc1S(=O)(=O)n1cc(C)nc1-c1ccccc1. The summed E-state index contributed by atoms with van der Waals surface area (Å²) in [5, 5.41) is 0. The molecule has 0 amide bonds. The fourth-order valence-corrected chi connectivity index (χ4v) is 4.75. The predicted octanol–water partition coefficient (Wildman–Crippen LogP) is 4.54. The molecular weight excluding hydrogens is 360 g/mol. The van der Waals surface area contributed by atoms with Gasteiger partial charge in [-0.15, -0.1) is 0 Å². The smallest absolute Gasteiger partial charge is 0.273 e. The van der Waals surface area contributed by atoms with Crippen LogP contribution in [0.5, 0.6) is 5.75 Å². The minimum Gasteiger partial charge on any atom is -0.495 e. The zero-order chi connectivity index (χ0) is 19.8. The number of aryl methyl sites for hydroxylation is 2. The molecule has 142 valence electrons. The topological polar surface area (TPSA) is 61.2 Å². The number of rotatable bonds is 5.